The number of ether oxygens (including phenoxy) is 1. The van der Waals surface area contributed by atoms with E-state index >= 15 is 0 Å². The topological polar surface area (TPSA) is 24.5 Å². The lowest BCUT2D eigenvalue weighted by Crippen LogP contribution is -2.43. The van der Waals surface area contributed by atoms with Crippen LogP contribution >= 0.6 is 0 Å². The van der Waals surface area contributed by atoms with Gasteiger partial charge in [-0.15, -0.1) is 0 Å². The summed E-state index contributed by atoms with van der Waals surface area (Å²) >= 11 is 0. The van der Waals surface area contributed by atoms with E-state index < -0.39 is 0 Å². The molecule has 0 spiro atoms. The van der Waals surface area contributed by atoms with Crippen LogP contribution in [0.5, 0.6) is 0 Å². The van der Waals surface area contributed by atoms with E-state index in [1.165, 1.54) is 38.8 Å². The molecule has 0 aromatic rings. The molecular weight excluding hydrogens is 224 g/mol. The molecular formula is C15H30N2O. The van der Waals surface area contributed by atoms with E-state index in [9.17, 15) is 0 Å². The molecule has 2 aliphatic heterocycles. The fourth-order valence-corrected chi connectivity index (χ4v) is 3.37. The lowest BCUT2D eigenvalue weighted by molar-refractivity contribution is -0.0324. The largest absolute Gasteiger partial charge is 0.371 e. The van der Waals surface area contributed by atoms with Gasteiger partial charge in [0.25, 0.3) is 0 Å². The minimum atomic E-state index is 0.115. The van der Waals surface area contributed by atoms with Crippen LogP contribution in [0, 0.1) is 5.92 Å². The number of likely N-dealkylation sites (tertiary alicyclic amines) is 1. The summed E-state index contributed by atoms with van der Waals surface area (Å²) in [6.45, 7) is 10.4. The molecule has 0 radical (unpaired) electrons. The average Bonchev–Trinajstić information content (AvgIpc) is 2.68. The summed E-state index contributed by atoms with van der Waals surface area (Å²) in [7, 11) is 2.07. The molecule has 3 heteroatoms. The molecule has 2 heterocycles. The first-order chi connectivity index (χ1) is 8.50. The fourth-order valence-electron chi connectivity index (χ4n) is 3.37. The quantitative estimate of drug-likeness (QED) is 0.833. The Morgan fingerprint density at radius 2 is 1.94 bits per heavy atom. The maximum absolute atomic E-state index is 6.09. The minimum Gasteiger partial charge on any atom is -0.371 e. The molecule has 106 valence electrons. The van der Waals surface area contributed by atoms with Gasteiger partial charge in [-0.3, -0.25) is 0 Å². The first-order valence-electron chi connectivity index (χ1n) is 7.57. The van der Waals surface area contributed by atoms with E-state index in [1.54, 1.807) is 0 Å². The minimum absolute atomic E-state index is 0.115. The van der Waals surface area contributed by atoms with Gasteiger partial charge >= 0.3 is 0 Å². The molecule has 18 heavy (non-hydrogen) atoms. The van der Waals surface area contributed by atoms with Crippen LogP contribution in [0.25, 0.3) is 0 Å². The highest BCUT2D eigenvalue weighted by atomic mass is 16.5. The van der Waals surface area contributed by atoms with Gasteiger partial charge in [0.05, 0.1) is 11.7 Å². The van der Waals surface area contributed by atoms with Crippen molar-refractivity contribution in [3.8, 4) is 0 Å². The van der Waals surface area contributed by atoms with Crippen LogP contribution < -0.4 is 5.32 Å². The van der Waals surface area contributed by atoms with E-state index in [0.29, 0.717) is 12.1 Å². The third kappa shape index (κ3) is 3.69. The molecule has 0 bridgehead atoms. The zero-order chi connectivity index (χ0) is 13.2. The van der Waals surface area contributed by atoms with Crippen molar-refractivity contribution in [3.05, 3.63) is 0 Å². The van der Waals surface area contributed by atoms with Gasteiger partial charge in [-0.2, -0.15) is 0 Å². The molecule has 0 aromatic heterocycles. The third-order valence-corrected chi connectivity index (χ3v) is 4.81. The fraction of sp³-hybridized carbons (Fsp3) is 1.00. The van der Waals surface area contributed by atoms with Crippen molar-refractivity contribution in [2.45, 2.75) is 64.2 Å². The summed E-state index contributed by atoms with van der Waals surface area (Å²) in [4.78, 5) is 2.60. The molecule has 0 saturated carbocycles. The van der Waals surface area contributed by atoms with Gasteiger partial charge in [-0.25, -0.2) is 0 Å². The van der Waals surface area contributed by atoms with Gasteiger partial charge in [-0.1, -0.05) is 0 Å². The molecule has 3 nitrogen and oxygen atoms in total. The Hall–Kier alpha value is -0.120. The van der Waals surface area contributed by atoms with Gasteiger partial charge in [0, 0.05) is 12.6 Å². The van der Waals surface area contributed by atoms with Gasteiger partial charge < -0.3 is 15.0 Å². The summed E-state index contributed by atoms with van der Waals surface area (Å²) < 4.78 is 6.09. The second-order valence-corrected chi connectivity index (χ2v) is 6.75. The monoisotopic (exact) mass is 254 g/mol. The summed E-state index contributed by atoms with van der Waals surface area (Å²) in [5.41, 5.74) is 0.115. The Kier molecular flexibility index (Phi) is 4.68. The van der Waals surface area contributed by atoms with Crippen LogP contribution in [-0.2, 0) is 4.74 Å². The van der Waals surface area contributed by atoms with E-state index in [0.717, 1.165) is 12.5 Å². The molecule has 0 aromatic carbocycles. The number of hydrogen-bond donors (Lipinski definition) is 1. The highest BCUT2D eigenvalue weighted by Crippen LogP contribution is 2.30. The van der Waals surface area contributed by atoms with Gasteiger partial charge in [0.15, 0.2) is 0 Å². The van der Waals surface area contributed by atoms with Crippen molar-refractivity contribution in [2.24, 2.45) is 5.92 Å². The zero-order valence-corrected chi connectivity index (χ0v) is 12.5. The highest BCUT2D eigenvalue weighted by molar-refractivity contribution is 4.85. The van der Waals surface area contributed by atoms with E-state index in [2.05, 4.69) is 38.0 Å². The molecule has 2 rings (SSSR count). The Labute approximate surface area is 112 Å². The van der Waals surface area contributed by atoms with E-state index in [1.807, 2.05) is 0 Å². The standard InChI is InChI=1S/C15H30N2O/c1-12(16-4)13-6-9-17(10-7-13)11-14-5-8-15(2,3)18-14/h12-14,16H,5-11H2,1-4H3. The van der Waals surface area contributed by atoms with Crippen LogP contribution in [0.15, 0.2) is 0 Å². The van der Waals surface area contributed by atoms with Crippen molar-refractivity contribution < 1.29 is 4.74 Å². The predicted molar refractivity (Wildman–Crippen MR) is 75.9 cm³/mol. The van der Waals surface area contributed by atoms with Gasteiger partial charge in [0.2, 0.25) is 0 Å². The van der Waals surface area contributed by atoms with Crippen LogP contribution in [-0.4, -0.2) is 49.3 Å². The Bertz CT molecular complexity index is 259. The van der Waals surface area contributed by atoms with E-state index in [-0.39, 0.29) is 5.60 Å². The molecule has 2 unspecified atom stereocenters. The summed E-state index contributed by atoms with van der Waals surface area (Å²) in [5, 5.41) is 3.39. The molecule has 1 N–H and O–H groups in total. The van der Waals surface area contributed by atoms with Crippen molar-refractivity contribution in [1.82, 2.24) is 10.2 Å². The first kappa shape index (κ1) is 14.3. The Morgan fingerprint density at radius 3 is 2.44 bits per heavy atom. The summed E-state index contributed by atoms with van der Waals surface area (Å²) in [6.07, 6.45) is 5.58. The van der Waals surface area contributed by atoms with Crippen molar-refractivity contribution in [2.75, 3.05) is 26.7 Å². The van der Waals surface area contributed by atoms with Crippen molar-refractivity contribution >= 4 is 0 Å². The van der Waals surface area contributed by atoms with Crippen LogP contribution in [0.4, 0.5) is 0 Å². The highest BCUT2D eigenvalue weighted by Gasteiger charge is 2.33. The number of piperidine rings is 1. The van der Waals surface area contributed by atoms with Crippen molar-refractivity contribution in [1.29, 1.82) is 0 Å². The number of rotatable bonds is 4. The van der Waals surface area contributed by atoms with Crippen molar-refractivity contribution in [3.63, 3.8) is 0 Å². The second-order valence-electron chi connectivity index (χ2n) is 6.75. The molecule has 2 saturated heterocycles. The van der Waals surface area contributed by atoms with Gasteiger partial charge in [-0.05, 0) is 72.5 Å². The smallest absolute Gasteiger partial charge is 0.0710 e. The number of nitrogens with zero attached hydrogens (tertiary/aromatic N) is 1. The van der Waals surface area contributed by atoms with Crippen LogP contribution in [0.2, 0.25) is 0 Å². The average molecular weight is 254 g/mol. The van der Waals surface area contributed by atoms with Crippen LogP contribution in [0.1, 0.15) is 46.5 Å². The maximum atomic E-state index is 6.09. The molecule has 0 aliphatic carbocycles. The molecule has 2 fully saturated rings. The summed E-state index contributed by atoms with van der Waals surface area (Å²) in [5.74, 6) is 0.854. The molecule has 2 atom stereocenters. The predicted octanol–water partition coefficient (Wildman–Crippen LogP) is 2.26. The molecule has 2 aliphatic rings. The molecule has 0 amide bonds. The lowest BCUT2D eigenvalue weighted by atomic mass is 9.90. The SMILES string of the molecule is CNC(C)C1CCN(CC2CCC(C)(C)O2)CC1. The Morgan fingerprint density at radius 1 is 1.28 bits per heavy atom. The van der Waals surface area contributed by atoms with Gasteiger partial charge in [0.1, 0.15) is 0 Å². The normalized spacial score (nSPS) is 31.7. The maximum Gasteiger partial charge on any atom is 0.0710 e. The number of hydrogen-bond acceptors (Lipinski definition) is 3. The second kappa shape index (κ2) is 5.89. The van der Waals surface area contributed by atoms with Crippen LogP contribution in [0.3, 0.4) is 0 Å². The first-order valence-corrected chi connectivity index (χ1v) is 7.57. The number of nitrogens with one attached hydrogen (secondary N) is 1. The lowest BCUT2D eigenvalue weighted by Gasteiger charge is -2.36. The summed E-state index contributed by atoms with van der Waals surface area (Å²) in [6, 6.07) is 0.661. The third-order valence-electron chi connectivity index (χ3n) is 4.81. The zero-order valence-electron chi connectivity index (χ0n) is 12.5. The Balaban J connectivity index is 1.71. The van der Waals surface area contributed by atoms with E-state index in [4.69, 9.17) is 4.74 Å².